The minimum absolute atomic E-state index is 0.0289. The molecule has 3 N–H and O–H groups in total. The van der Waals surface area contributed by atoms with Gasteiger partial charge in [-0.3, -0.25) is 4.79 Å². The molecule has 1 amide bonds. The van der Waals surface area contributed by atoms with Gasteiger partial charge in [0.25, 0.3) is 0 Å². The fraction of sp³-hybridized carbons (Fsp3) is 0.435. The molecule has 1 aliphatic heterocycles. The summed E-state index contributed by atoms with van der Waals surface area (Å²) in [6.07, 6.45) is 6.36. The first-order valence-corrected chi connectivity index (χ1v) is 10.8. The number of anilines is 1. The number of para-hydroxylation sites is 1. The predicted molar refractivity (Wildman–Crippen MR) is 118 cm³/mol. The second-order valence-corrected chi connectivity index (χ2v) is 8.48. The molecule has 0 bridgehead atoms. The van der Waals surface area contributed by atoms with Crippen molar-refractivity contribution in [3.05, 3.63) is 53.6 Å². The number of hydrogen-bond acceptors (Lipinski definition) is 5. The van der Waals surface area contributed by atoms with E-state index in [1.165, 1.54) is 11.3 Å². The van der Waals surface area contributed by atoms with E-state index < -0.39 is 6.04 Å². The zero-order valence-electron chi connectivity index (χ0n) is 17.3. The number of hydrogen-bond donors (Lipinski definition) is 2. The third kappa shape index (κ3) is 3.33. The Kier molecular flexibility index (Phi) is 4.90. The molecule has 3 aromatic rings. The van der Waals surface area contributed by atoms with Crippen LogP contribution >= 0.6 is 0 Å². The molecular weight excluding hydrogens is 376 g/mol. The van der Waals surface area contributed by atoms with E-state index in [1.54, 1.807) is 6.33 Å². The number of nitrogens with one attached hydrogen (secondary N) is 1. The van der Waals surface area contributed by atoms with Crippen LogP contribution in [0, 0.1) is 0 Å². The van der Waals surface area contributed by atoms with Crippen LogP contribution in [0.5, 0.6) is 0 Å². The van der Waals surface area contributed by atoms with E-state index in [0.29, 0.717) is 25.4 Å². The molecule has 2 unspecified atom stereocenters. The van der Waals surface area contributed by atoms with Gasteiger partial charge in [0.15, 0.2) is 0 Å². The number of benzene rings is 1. The highest BCUT2D eigenvalue weighted by Crippen LogP contribution is 2.37. The van der Waals surface area contributed by atoms with Gasteiger partial charge in [0.1, 0.15) is 12.1 Å². The quantitative estimate of drug-likeness (QED) is 0.696. The lowest BCUT2D eigenvalue weighted by Crippen LogP contribution is -2.54. The van der Waals surface area contributed by atoms with Crippen LogP contribution in [0.4, 0.5) is 5.82 Å². The third-order valence-electron chi connectivity index (χ3n) is 6.58. The van der Waals surface area contributed by atoms with Crippen molar-refractivity contribution in [3.8, 4) is 0 Å². The number of fused-ring (bicyclic) bond motifs is 2. The summed E-state index contributed by atoms with van der Waals surface area (Å²) in [6, 6.07) is 7.59. The molecule has 5 rings (SSSR count). The molecule has 0 spiro atoms. The van der Waals surface area contributed by atoms with Crippen LogP contribution in [-0.4, -0.2) is 58.0 Å². The molecule has 1 aliphatic carbocycles. The number of H-pyrrole nitrogens is 1. The zero-order valence-corrected chi connectivity index (χ0v) is 17.3. The van der Waals surface area contributed by atoms with E-state index in [1.807, 2.05) is 29.3 Å². The van der Waals surface area contributed by atoms with Crippen molar-refractivity contribution in [1.82, 2.24) is 19.9 Å². The Morgan fingerprint density at radius 3 is 2.87 bits per heavy atom. The molecule has 1 fully saturated rings. The molecule has 7 heteroatoms. The van der Waals surface area contributed by atoms with E-state index in [0.717, 1.165) is 48.2 Å². The fourth-order valence-electron chi connectivity index (χ4n) is 4.87. The van der Waals surface area contributed by atoms with Gasteiger partial charge in [0, 0.05) is 54.5 Å². The number of piperazine rings is 1. The van der Waals surface area contributed by atoms with E-state index in [2.05, 4.69) is 32.8 Å². The maximum atomic E-state index is 13.0. The minimum Gasteiger partial charge on any atom is -0.361 e. The number of carbonyl (C=O) groups excluding carboxylic acids is 1. The van der Waals surface area contributed by atoms with Gasteiger partial charge in [0.05, 0.1) is 6.04 Å². The number of aryl methyl sites for hydroxylation is 1. The summed E-state index contributed by atoms with van der Waals surface area (Å²) in [7, 11) is 0. The Hall–Kier alpha value is -2.93. The summed E-state index contributed by atoms with van der Waals surface area (Å²) >= 11 is 0. The lowest BCUT2D eigenvalue weighted by Gasteiger charge is -2.37. The van der Waals surface area contributed by atoms with Gasteiger partial charge in [-0.15, -0.1) is 0 Å². The summed E-state index contributed by atoms with van der Waals surface area (Å²) < 4.78 is 0. The van der Waals surface area contributed by atoms with Crippen molar-refractivity contribution in [2.24, 2.45) is 5.73 Å². The van der Waals surface area contributed by atoms with Gasteiger partial charge < -0.3 is 20.5 Å². The average Bonchev–Trinajstić information content (AvgIpc) is 3.37. The highest BCUT2D eigenvalue weighted by Gasteiger charge is 2.30. The van der Waals surface area contributed by atoms with Crippen molar-refractivity contribution >= 4 is 22.6 Å². The van der Waals surface area contributed by atoms with E-state index in [9.17, 15) is 4.79 Å². The second-order valence-electron chi connectivity index (χ2n) is 8.48. The first-order chi connectivity index (χ1) is 14.6. The highest BCUT2D eigenvalue weighted by molar-refractivity contribution is 5.86. The summed E-state index contributed by atoms with van der Waals surface area (Å²) in [5.74, 6) is 1.59. The van der Waals surface area contributed by atoms with Crippen molar-refractivity contribution < 1.29 is 4.79 Å². The number of nitrogens with two attached hydrogens (primary N) is 1. The van der Waals surface area contributed by atoms with Crippen LogP contribution in [0.2, 0.25) is 0 Å². The number of nitrogens with zero attached hydrogens (tertiary/aromatic N) is 4. The van der Waals surface area contributed by atoms with Crippen molar-refractivity contribution in [2.75, 3.05) is 31.1 Å². The molecular formula is C23H28N6O. The van der Waals surface area contributed by atoms with Crippen LogP contribution < -0.4 is 10.6 Å². The molecule has 2 aromatic heterocycles. The molecule has 2 aliphatic rings. The smallest absolute Gasteiger partial charge is 0.239 e. The molecule has 0 radical (unpaired) electrons. The van der Waals surface area contributed by atoms with Crippen molar-refractivity contribution in [1.29, 1.82) is 0 Å². The van der Waals surface area contributed by atoms with Crippen LogP contribution in [0.15, 0.2) is 36.8 Å². The second kappa shape index (κ2) is 7.72. The molecule has 0 saturated carbocycles. The summed E-state index contributed by atoms with van der Waals surface area (Å²) in [5, 5.41) is 1.14. The largest absolute Gasteiger partial charge is 0.361 e. The van der Waals surface area contributed by atoms with Crippen LogP contribution in [-0.2, 0) is 17.6 Å². The maximum absolute atomic E-state index is 13.0. The molecule has 156 valence electrons. The van der Waals surface area contributed by atoms with Gasteiger partial charge in [-0.2, -0.15) is 0 Å². The molecule has 30 heavy (non-hydrogen) atoms. The van der Waals surface area contributed by atoms with Crippen LogP contribution in [0.1, 0.15) is 36.1 Å². The number of aromatic nitrogens is 3. The van der Waals surface area contributed by atoms with Crippen molar-refractivity contribution in [2.45, 2.75) is 38.1 Å². The van der Waals surface area contributed by atoms with Gasteiger partial charge in [0.2, 0.25) is 5.91 Å². The fourth-order valence-corrected chi connectivity index (χ4v) is 4.87. The zero-order chi connectivity index (χ0) is 20.7. The van der Waals surface area contributed by atoms with Gasteiger partial charge in [-0.25, -0.2) is 9.97 Å². The monoisotopic (exact) mass is 404 g/mol. The molecule has 1 aromatic carbocycles. The van der Waals surface area contributed by atoms with Gasteiger partial charge in [-0.05, 0) is 36.8 Å². The SMILES string of the molecule is CC1CCc2ncnc(N3CCN(C(=O)C(N)Cc4c[nH]c5ccccc45)CC3)c21. The Bertz CT molecular complexity index is 1070. The molecule has 1 saturated heterocycles. The topological polar surface area (TPSA) is 91.1 Å². The predicted octanol–water partition coefficient (Wildman–Crippen LogP) is 2.23. The number of aromatic amines is 1. The minimum atomic E-state index is -0.529. The molecule has 3 heterocycles. The summed E-state index contributed by atoms with van der Waals surface area (Å²) in [4.78, 5) is 29.5. The van der Waals surface area contributed by atoms with Gasteiger partial charge >= 0.3 is 0 Å². The van der Waals surface area contributed by atoms with Crippen LogP contribution in [0.25, 0.3) is 10.9 Å². The average molecular weight is 405 g/mol. The van der Waals surface area contributed by atoms with E-state index in [-0.39, 0.29) is 5.91 Å². The number of amides is 1. The first-order valence-electron chi connectivity index (χ1n) is 10.8. The van der Waals surface area contributed by atoms with Gasteiger partial charge in [-0.1, -0.05) is 25.1 Å². The standard InChI is InChI=1S/C23H28N6O/c1-15-6-7-20-21(15)22(27-14-26-20)28-8-10-29(11-9-28)23(30)18(24)12-16-13-25-19-5-3-2-4-17(16)19/h2-5,13-15,18,25H,6-12,24H2,1H3. The lowest BCUT2D eigenvalue weighted by molar-refractivity contribution is -0.132. The van der Waals surface area contributed by atoms with Crippen molar-refractivity contribution in [3.63, 3.8) is 0 Å². The first kappa shape index (κ1) is 19.1. The molecule has 2 atom stereocenters. The Morgan fingerprint density at radius 2 is 2.03 bits per heavy atom. The Balaban J connectivity index is 1.24. The Morgan fingerprint density at radius 1 is 1.23 bits per heavy atom. The van der Waals surface area contributed by atoms with E-state index >= 15 is 0 Å². The summed E-state index contributed by atoms with van der Waals surface area (Å²) in [5.41, 5.74) is 11.0. The molecule has 7 nitrogen and oxygen atoms in total. The van der Waals surface area contributed by atoms with E-state index in [4.69, 9.17) is 5.73 Å². The number of carbonyl (C=O) groups is 1. The normalized spacial score (nSPS) is 19.9. The summed E-state index contributed by atoms with van der Waals surface area (Å²) in [6.45, 7) is 5.16. The lowest BCUT2D eigenvalue weighted by atomic mass is 10.0. The maximum Gasteiger partial charge on any atom is 0.239 e. The number of rotatable bonds is 4. The van der Waals surface area contributed by atoms with Crippen LogP contribution in [0.3, 0.4) is 0 Å². The highest BCUT2D eigenvalue weighted by atomic mass is 16.2. The third-order valence-corrected chi connectivity index (χ3v) is 6.58. The Labute approximate surface area is 176 Å².